The number of carbonyl (C=O) groups excluding carboxylic acids is 1. The normalized spacial score (nSPS) is 10.4. The number of nitrogens with zero attached hydrogens (tertiary/aromatic N) is 2. The average Bonchev–Trinajstić information content (AvgIpc) is 2.60. The van der Waals surface area contributed by atoms with Crippen LogP contribution < -0.4 is 10.6 Å². The van der Waals surface area contributed by atoms with Crippen molar-refractivity contribution in [2.45, 2.75) is 27.3 Å². The molecule has 0 aliphatic rings. The molecule has 0 aliphatic heterocycles. The molecule has 1 aromatic heterocycles. The molecule has 0 saturated heterocycles. The van der Waals surface area contributed by atoms with Crippen molar-refractivity contribution in [3.05, 3.63) is 82.8 Å². The average molecular weight is 346 g/mol. The highest BCUT2D eigenvalue weighted by Crippen LogP contribution is 2.18. The molecule has 3 aromatic rings. The van der Waals surface area contributed by atoms with Crippen molar-refractivity contribution in [3.8, 4) is 0 Å². The minimum absolute atomic E-state index is 0.223. The molecule has 26 heavy (non-hydrogen) atoms. The summed E-state index contributed by atoms with van der Waals surface area (Å²) in [5, 5.41) is 6.14. The minimum Gasteiger partial charge on any atom is -0.347 e. The summed E-state index contributed by atoms with van der Waals surface area (Å²) in [5.41, 5.74) is 5.83. The van der Waals surface area contributed by atoms with Gasteiger partial charge in [-0.15, -0.1) is 0 Å². The summed E-state index contributed by atoms with van der Waals surface area (Å²) in [5.74, 6) is 0.366. The van der Waals surface area contributed by atoms with E-state index in [1.54, 1.807) is 6.07 Å². The molecule has 0 unspecified atom stereocenters. The van der Waals surface area contributed by atoms with Crippen LogP contribution in [-0.4, -0.2) is 15.9 Å². The van der Waals surface area contributed by atoms with Crippen molar-refractivity contribution in [1.82, 2.24) is 15.3 Å². The predicted molar refractivity (Wildman–Crippen MR) is 104 cm³/mol. The lowest BCUT2D eigenvalue weighted by molar-refractivity contribution is 0.0945. The van der Waals surface area contributed by atoms with Crippen molar-refractivity contribution < 1.29 is 4.79 Å². The fourth-order valence-corrected chi connectivity index (χ4v) is 2.82. The summed E-state index contributed by atoms with van der Waals surface area (Å²) in [4.78, 5) is 20.7. The molecule has 0 fully saturated rings. The van der Waals surface area contributed by atoms with E-state index in [0.717, 1.165) is 27.9 Å². The largest absolute Gasteiger partial charge is 0.347 e. The maximum atomic E-state index is 12.4. The summed E-state index contributed by atoms with van der Waals surface area (Å²) in [6, 6.07) is 15.8. The third-order valence-electron chi connectivity index (χ3n) is 4.09. The van der Waals surface area contributed by atoms with Crippen molar-refractivity contribution in [2.24, 2.45) is 0 Å². The number of benzene rings is 2. The van der Waals surface area contributed by atoms with Crippen LogP contribution in [0.15, 0.2) is 54.9 Å². The van der Waals surface area contributed by atoms with Gasteiger partial charge in [0.25, 0.3) is 5.91 Å². The standard InChI is InChI=1S/C21H22N4O/c1-14-8-15(2)10-18(9-14)25-20-11-19(23-13-24-20)21(26)22-12-17-7-5-4-6-16(17)3/h4-11,13H,12H2,1-3H3,(H,22,26)(H,23,24,25). The van der Waals surface area contributed by atoms with Gasteiger partial charge < -0.3 is 10.6 Å². The Bertz CT molecular complexity index is 917. The predicted octanol–water partition coefficient (Wildman–Crippen LogP) is 4.08. The van der Waals surface area contributed by atoms with Crippen LogP contribution in [0.3, 0.4) is 0 Å². The number of carbonyl (C=O) groups is 1. The third-order valence-corrected chi connectivity index (χ3v) is 4.09. The zero-order valence-electron chi connectivity index (χ0n) is 15.2. The van der Waals surface area contributed by atoms with Crippen LogP contribution in [-0.2, 0) is 6.54 Å². The van der Waals surface area contributed by atoms with E-state index in [4.69, 9.17) is 0 Å². The molecule has 2 N–H and O–H groups in total. The van der Waals surface area contributed by atoms with Crippen LogP contribution >= 0.6 is 0 Å². The highest BCUT2D eigenvalue weighted by atomic mass is 16.1. The van der Waals surface area contributed by atoms with Crippen LogP contribution in [0, 0.1) is 20.8 Å². The number of rotatable bonds is 5. The first-order valence-corrected chi connectivity index (χ1v) is 8.51. The lowest BCUT2D eigenvalue weighted by Crippen LogP contribution is -2.24. The first kappa shape index (κ1) is 17.6. The molecule has 0 aliphatic carbocycles. The number of anilines is 2. The molecule has 1 heterocycles. The quantitative estimate of drug-likeness (QED) is 0.731. The highest BCUT2D eigenvalue weighted by Gasteiger charge is 2.09. The van der Waals surface area contributed by atoms with Crippen molar-refractivity contribution in [1.29, 1.82) is 0 Å². The molecule has 0 bridgehead atoms. The van der Waals surface area contributed by atoms with Gasteiger partial charge in [-0.3, -0.25) is 4.79 Å². The number of aromatic nitrogens is 2. The van der Waals surface area contributed by atoms with Crippen LogP contribution in [0.2, 0.25) is 0 Å². The van der Waals surface area contributed by atoms with Crippen LogP contribution in [0.5, 0.6) is 0 Å². The molecular formula is C21H22N4O. The van der Waals surface area contributed by atoms with Crippen molar-refractivity contribution >= 4 is 17.4 Å². The molecule has 5 heteroatoms. The fraction of sp³-hybridized carbons (Fsp3) is 0.190. The maximum absolute atomic E-state index is 12.4. The number of hydrogen-bond donors (Lipinski definition) is 2. The third kappa shape index (κ3) is 4.45. The van der Waals surface area contributed by atoms with E-state index in [1.807, 2.05) is 57.2 Å². The van der Waals surface area contributed by atoms with Gasteiger partial charge in [-0.2, -0.15) is 0 Å². The lowest BCUT2D eigenvalue weighted by atomic mass is 10.1. The summed E-state index contributed by atoms with van der Waals surface area (Å²) in [6.07, 6.45) is 1.40. The van der Waals surface area contributed by atoms with Gasteiger partial charge >= 0.3 is 0 Å². The Kier molecular flexibility index (Phi) is 5.27. The molecule has 5 nitrogen and oxygen atoms in total. The topological polar surface area (TPSA) is 66.9 Å². The van der Waals surface area contributed by atoms with Gasteiger partial charge in [0.2, 0.25) is 0 Å². The molecule has 0 saturated carbocycles. The molecule has 0 spiro atoms. The Labute approximate surface area is 153 Å². The maximum Gasteiger partial charge on any atom is 0.270 e. The first-order valence-electron chi connectivity index (χ1n) is 8.51. The Morgan fingerprint density at radius 2 is 1.69 bits per heavy atom. The van der Waals surface area contributed by atoms with E-state index in [2.05, 4.69) is 26.7 Å². The lowest BCUT2D eigenvalue weighted by Gasteiger charge is -2.10. The summed E-state index contributed by atoms with van der Waals surface area (Å²) in [6.45, 7) is 6.58. The van der Waals surface area contributed by atoms with E-state index in [9.17, 15) is 4.79 Å². The zero-order valence-corrected chi connectivity index (χ0v) is 15.2. The number of aryl methyl sites for hydroxylation is 3. The van der Waals surface area contributed by atoms with Gasteiger partial charge in [-0.1, -0.05) is 30.3 Å². The van der Waals surface area contributed by atoms with E-state index < -0.39 is 0 Å². The van der Waals surface area contributed by atoms with Gasteiger partial charge in [0.05, 0.1) is 0 Å². The van der Waals surface area contributed by atoms with E-state index in [0.29, 0.717) is 18.1 Å². The second kappa shape index (κ2) is 7.78. The highest BCUT2D eigenvalue weighted by molar-refractivity contribution is 5.92. The second-order valence-corrected chi connectivity index (χ2v) is 6.40. The zero-order chi connectivity index (χ0) is 18.5. The molecule has 1 amide bonds. The summed E-state index contributed by atoms with van der Waals surface area (Å²) < 4.78 is 0. The molecule has 132 valence electrons. The van der Waals surface area contributed by atoms with Crippen LogP contribution in [0.4, 0.5) is 11.5 Å². The van der Waals surface area contributed by atoms with E-state index in [-0.39, 0.29) is 5.91 Å². The van der Waals surface area contributed by atoms with Gasteiger partial charge in [-0.05, 0) is 55.2 Å². The van der Waals surface area contributed by atoms with Gasteiger partial charge in [0.1, 0.15) is 17.8 Å². The summed E-state index contributed by atoms with van der Waals surface area (Å²) in [7, 11) is 0. The van der Waals surface area contributed by atoms with Crippen LogP contribution in [0.1, 0.15) is 32.7 Å². The number of amides is 1. The Morgan fingerprint density at radius 3 is 2.42 bits per heavy atom. The molecule has 2 aromatic carbocycles. The van der Waals surface area contributed by atoms with Crippen molar-refractivity contribution in [3.63, 3.8) is 0 Å². The number of nitrogens with one attached hydrogen (secondary N) is 2. The SMILES string of the molecule is Cc1cc(C)cc(Nc2cc(C(=O)NCc3ccccc3C)ncn2)c1. The van der Waals surface area contributed by atoms with E-state index >= 15 is 0 Å². The number of hydrogen-bond acceptors (Lipinski definition) is 4. The monoisotopic (exact) mass is 346 g/mol. The van der Waals surface area contributed by atoms with Gasteiger partial charge in [-0.25, -0.2) is 9.97 Å². The molecule has 0 atom stereocenters. The summed E-state index contributed by atoms with van der Waals surface area (Å²) >= 11 is 0. The Hall–Kier alpha value is -3.21. The Morgan fingerprint density at radius 1 is 0.962 bits per heavy atom. The van der Waals surface area contributed by atoms with Gasteiger partial charge in [0.15, 0.2) is 0 Å². The smallest absolute Gasteiger partial charge is 0.270 e. The Balaban J connectivity index is 1.70. The molecule has 3 rings (SSSR count). The van der Waals surface area contributed by atoms with E-state index in [1.165, 1.54) is 6.33 Å². The molecule has 0 radical (unpaired) electrons. The first-order chi connectivity index (χ1) is 12.5. The second-order valence-electron chi connectivity index (χ2n) is 6.40. The van der Waals surface area contributed by atoms with Crippen molar-refractivity contribution in [2.75, 3.05) is 5.32 Å². The fourth-order valence-electron chi connectivity index (χ4n) is 2.82. The van der Waals surface area contributed by atoms with Gasteiger partial charge in [0, 0.05) is 18.3 Å². The minimum atomic E-state index is -0.223. The molecular weight excluding hydrogens is 324 g/mol. The van der Waals surface area contributed by atoms with Crippen LogP contribution in [0.25, 0.3) is 0 Å².